The van der Waals surface area contributed by atoms with E-state index in [1.165, 1.54) is 5.56 Å². The Hall–Kier alpha value is -0.980. The van der Waals surface area contributed by atoms with Crippen LogP contribution < -0.4 is 4.74 Å². The molecule has 1 nitrogen and oxygen atoms in total. The van der Waals surface area contributed by atoms with E-state index in [9.17, 15) is 0 Å². The zero-order valence-corrected chi connectivity index (χ0v) is 9.29. The van der Waals surface area contributed by atoms with Crippen LogP contribution >= 0.6 is 0 Å². The van der Waals surface area contributed by atoms with Gasteiger partial charge in [-0.3, -0.25) is 0 Å². The smallest absolute Gasteiger partial charge is 0.119 e. The molecule has 0 N–H and O–H groups in total. The molecule has 1 rings (SSSR count). The number of unbranched alkanes of at least 4 members (excludes halogenated alkanes) is 1. The predicted octanol–water partition coefficient (Wildman–Crippen LogP) is 3.77. The molecule has 0 spiro atoms. The van der Waals surface area contributed by atoms with Crippen LogP contribution in [-0.4, -0.2) is 6.10 Å². The van der Waals surface area contributed by atoms with E-state index in [2.05, 4.69) is 39.3 Å². The second-order valence-electron chi connectivity index (χ2n) is 3.73. The Balaban J connectivity index is 2.39. The van der Waals surface area contributed by atoms with E-state index in [0.29, 0.717) is 6.10 Å². The third-order valence-corrected chi connectivity index (χ3v) is 2.22. The Morgan fingerprint density at radius 1 is 1.29 bits per heavy atom. The van der Waals surface area contributed by atoms with Crippen LogP contribution in [0.5, 0.6) is 5.75 Å². The molecule has 14 heavy (non-hydrogen) atoms. The average Bonchev–Trinajstić information content (AvgIpc) is 2.18. The molecule has 0 aromatic heterocycles. The highest BCUT2D eigenvalue weighted by Gasteiger charge is 2.02. The second-order valence-corrected chi connectivity index (χ2v) is 3.73. The lowest BCUT2D eigenvalue weighted by molar-refractivity contribution is 0.211. The second kappa shape index (κ2) is 5.69. The largest absolute Gasteiger partial charge is 0.491 e. The summed E-state index contributed by atoms with van der Waals surface area (Å²) in [5, 5.41) is 0. The Kier molecular flexibility index (Phi) is 4.51. The molecular formula is C13H19O. The summed E-state index contributed by atoms with van der Waals surface area (Å²) in [5.41, 5.74) is 1.27. The van der Waals surface area contributed by atoms with Gasteiger partial charge in [-0.05, 0) is 45.2 Å². The predicted molar refractivity (Wildman–Crippen MR) is 60.5 cm³/mol. The van der Waals surface area contributed by atoms with E-state index in [0.717, 1.165) is 18.6 Å². The number of ether oxygens (including phenoxy) is 1. The summed E-state index contributed by atoms with van der Waals surface area (Å²) in [6, 6.07) is 8.21. The standard InChI is InChI=1S/C13H19O/c1-4-5-6-12(3)14-13-9-7-11(2)8-10-13/h4,7-10,12H,5-6H2,1-3H3. The van der Waals surface area contributed by atoms with Crippen LogP contribution in [-0.2, 0) is 0 Å². The van der Waals surface area contributed by atoms with Crippen molar-refractivity contribution in [2.24, 2.45) is 0 Å². The number of benzene rings is 1. The maximum absolute atomic E-state index is 5.75. The highest BCUT2D eigenvalue weighted by Crippen LogP contribution is 2.15. The normalized spacial score (nSPS) is 12.5. The van der Waals surface area contributed by atoms with E-state index in [1.54, 1.807) is 0 Å². The van der Waals surface area contributed by atoms with Crippen molar-refractivity contribution < 1.29 is 4.74 Å². The minimum absolute atomic E-state index is 0.300. The topological polar surface area (TPSA) is 9.23 Å². The fourth-order valence-electron chi connectivity index (χ4n) is 1.31. The summed E-state index contributed by atoms with van der Waals surface area (Å²) in [6.45, 7) is 6.28. The Morgan fingerprint density at radius 2 is 1.93 bits per heavy atom. The van der Waals surface area contributed by atoms with Crippen LogP contribution in [0.3, 0.4) is 0 Å². The molecule has 1 radical (unpaired) electrons. The lowest BCUT2D eigenvalue weighted by Crippen LogP contribution is -2.11. The van der Waals surface area contributed by atoms with Crippen LogP contribution in [0.25, 0.3) is 0 Å². The van der Waals surface area contributed by atoms with Crippen molar-refractivity contribution >= 4 is 0 Å². The third kappa shape index (κ3) is 3.82. The maximum Gasteiger partial charge on any atom is 0.119 e. The number of aryl methyl sites for hydroxylation is 1. The Bertz CT molecular complexity index is 250. The zero-order valence-electron chi connectivity index (χ0n) is 9.29. The first-order chi connectivity index (χ1) is 6.72. The van der Waals surface area contributed by atoms with Crippen LogP contribution in [0.4, 0.5) is 0 Å². The van der Waals surface area contributed by atoms with Crippen LogP contribution in [0.15, 0.2) is 24.3 Å². The van der Waals surface area contributed by atoms with E-state index >= 15 is 0 Å². The third-order valence-electron chi connectivity index (χ3n) is 2.22. The van der Waals surface area contributed by atoms with Crippen molar-refractivity contribution in [3.05, 3.63) is 36.2 Å². The highest BCUT2D eigenvalue weighted by atomic mass is 16.5. The molecule has 1 aromatic carbocycles. The summed E-state index contributed by atoms with van der Waals surface area (Å²) < 4.78 is 5.75. The van der Waals surface area contributed by atoms with Gasteiger partial charge in [-0.2, -0.15) is 0 Å². The molecule has 0 aliphatic carbocycles. The quantitative estimate of drug-likeness (QED) is 0.688. The summed E-state index contributed by atoms with van der Waals surface area (Å²) in [7, 11) is 0. The summed E-state index contributed by atoms with van der Waals surface area (Å²) in [5.74, 6) is 0.971. The lowest BCUT2D eigenvalue weighted by Gasteiger charge is -2.14. The van der Waals surface area contributed by atoms with Crippen molar-refractivity contribution in [2.75, 3.05) is 0 Å². The summed E-state index contributed by atoms with van der Waals surface area (Å²) in [6.07, 6.45) is 4.68. The molecule has 0 fully saturated rings. The fourth-order valence-corrected chi connectivity index (χ4v) is 1.31. The van der Waals surface area contributed by atoms with Gasteiger partial charge in [0.25, 0.3) is 0 Å². The van der Waals surface area contributed by atoms with Crippen molar-refractivity contribution in [2.45, 2.75) is 39.7 Å². The minimum Gasteiger partial charge on any atom is -0.491 e. The highest BCUT2D eigenvalue weighted by molar-refractivity contribution is 5.26. The minimum atomic E-state index is 0.300. The molecule has 1 unspecified atom stereocenters. The molecule has 0 heterocycles. The summed E-state index contributed by atoms with van der Waals surface area (Å²) in [4.78, 5) is 0. The molecule has 1 atom stereocenters. The number of hydrogen-bond donors (Lipinski definition) is 0. The van der Waals surface area contributed by atoms with E-state index < -0.39 is 0 Å². The molecule has 0 aliphatic heterocycles. The van der Waals surface area contributed by atoms with Gasteiger partial charge in [-0.25, -0.2) is 0 Å². The van der Waals surface area contributed by atoms with Crippen molar-refractivity contribution in [3.63, 3.8) is 0 Å². The van der Waals surface area contributed by atoms with Crippen molar-refractivity contribution in [3.8, 4) is 5.75 Å². The van der Waals surface area contributed by atoms with Gasteiger partial charge in [-0.1, -0.05) is 24.6 Å². The maximum atomic E-state index is 5.75. The fraction of sp³-hybridized carbons (Fsp3) is 0.462. The molecule has 0 saturated heterocycles. The molecule has 0 amide bonds. The van der Waals surface area contributed by atoms with Gasteiger partial charge in [0.1, 0.15) is 5.75 Å². The zero-order chi connectivity index (χ0) is 10.4. The molecule has 1 heteroatoms. The van der Waals surface area contributed by atoms with E-state index in [1.807, 2.05) is 12.1 Å². The van der Waals surface area contributed by atoms with Crippen LogP contribution in [0.2, 0.25) is 0 Å². The Morgan fingerprint density at radius 3 is 2.50 bits per heavy atom. The monoisotopic (exact) mass is 191 g/mol. The van der Waals surface area contributed by atoms with Gasteiger partial charge >= 0.3 is 0 Å². The number of rotatable bonds is 5. The first-order valence-corrected chi connectivity index (χ1v) is 5.23. The molecule has 0 aliphatic rings. The lowest BCUT2D eigenvalue weighted by atomic mass is 10.2. The molecule has 1 aromatic rings. The van der Waals surface area contributed by atoms with E-state index in [4.69, 9.17) is 4.74 Å². The average molecular weight is 191 g/mol. The van der Waals surface area contributed by atoms with Gasteiger partial charge in [0, 0.05) is 0 Å². The summed E-state index contributed by atoms with van der Waals surface area (Å²) >= 11 is 0. The van der Waals surface area contributed by atoms with E-state index in [-0.39, 0.29) is 0 Å². The SMILES string of the molecule is C[CH]CCC(C)Oc1ccc(C)cc1. The Labute approximate surface area is 87.1 Å². The first kappa shape index (κ1) is 11.1. The van der Waals surface area contributed by atoms with Crippen LogP contribution in [0.1, 0.15) is 32.3 Å². The molecule has 0 saturated carbocycles. The van der Waals surface area contributed by atoms with Gasteiger partial charge in [0.05, 0.1) is 6.10 Å². The molecule has 77 valence electrons. The van der Waals surface area contributed by atoms with Gasteiger partial charge in [0.2, 0.25) is 0 Å². The van der Waals surface area contributed by atoms with Gasteiger partial charge in [-0.15, -0.1) is 0 Å². The van der Waals surface area contributed by atoms with Crippen molar-refractivity contribution in [1.29, 1.82) is 0 Å². The van der Waals surface area contributed by atoms with Gasteiger partial charge < -0.3 is 4.74 Å². The molecule has 0 bridgehead atoms. The van der Waals surface area contributed by atoms with Crippen LogP contribution in [0, 0.1) is 13.3 Å². The van der Waals surface area contributed by atoms with Crippen molar-refractivity contribution in [1.82, 2.24) is 0 Å². The molecular weight excluding hydrogens is 172 g/mol. The van der Waals surface area contributed by atoms with Gasteiger partial charge in [0.15, 0.2) is 0 Å². The number of hydrogen-bond acceptors (Lipinski definition) is 1. The first-order valence-electron chi connectivity index (χ1n) is 5.23.